The molecule has 1 aliphatic carbocycles. The molecule has 29 heavy (non-hydrogen) atoms. The topological polar surface area (TPSA) is 123 Å². The van der Waals surface area contributed by atoms with Crippen LogP contribution in [0, 0.1) is 18.7 Å². The van der Waals surface area contributed by atoms with Gasteiger partial charge in [-0.25, -0.2) is 14.2 Å². The lowest BCUT2D eigenvalue weighted by molar-refractivity contribution is 0.0694. The Bertz CT molecular complexity index is 1090. The zero-order chi connectivity index (χ0) is 20.9. The predicted molar refractivity (Wildman–Crippen MR) is 105 cm³/mol. The summed E-state index contributed by atoms with van der Waals surface area (Å²) in [5.41, 5.74) is 6.09. The highest BCUT2D eigenvalue weighted by Gasteiger charge is 2.34. The van der Waals surface area contributed by atoms with Crippen LogP contribution >= 0.6 is 0 Å². The van der Waals surface area contributed by atoms with Gasteiger partial charge >= 0.3 is 5.97 Å². The van der Waals surface area contributed by atoms with Gasteiger partial charge in [0.15, 0.2) is 11.6 Å². The molecule has 0 amide bonds. The normalized spacial score (nSPS) is 20.6. The summed E-state index contributed by atoms with van der Waals surface area (Å²) in [6.07, 6.45) is 1.71. The Kier molecular flexibility index (Phi) is 4.73. The smallest absolute Gasteiger partial charge is 0.341 e. The summed E-state index contributed by atoms with van der Waals surface area (Å²) in [5, 5.41) is 13.4. The molecule has 154 valence electrons. The molecule has 2 aromatic rings. The molecule has 4 rings (SSSR count). The van der Waals surface area contributed by atoms with Gasteiger partial charge in [0.05, 0.1) is 17.6 Å². The Morgan fingerprint density at radius 1 is 1.48 bits per heavy atom. The largest absolute Gasteiger partial charge is 0.477 e. The van der Waals surface area contributed by atoms with E-state index in [1.54, 1.807) is 16.4 Å². The first kappa shape index (κ1) is 19.3. The molecule has 10 heteroatoms. The monoisotopic (exact) mass is 403 g/mol. The van der Waals surface area contributed by atoms with Gasteiger partial charge in [0.1, 0.15) is 18.3 Å². The van der Waals surface area contributed by atoms with Crippen LogP contribution in [0.2, 0.25) is 0 Å². The van der Waals surface area contributed by atoms with Crippen molar-refractivity contribution in [3.63, 3.8) is 0 Å². The number of aromatic carboxylic acids is 1. The maximum atomic E-state index is 15.0. The van der Waals surface area contributed by atoms with E-state index < -0.39 is 17.2 Å². The average molecular weight is 403 g/mol. The van der Waals surface area contributed by atoms with Crippen LogP contribution in [-0.4, -0.2) is 53.1 Å². The Morgan fingerprint density at radius 3 is 2.79 bits per heavy atom. The number of carboxylic acid groups (broad SMARTS) is 1. The number of hydrogen-bond donors (Lipinski definition) is 2. The van der Waals surface area contributed by atoms with Gasteiger partial charge in [0.25, 0.3) is 0 Å². The van der Waals surface area contributed by atoms with Gasteiger partial charge < -0.3 is 25.1 Å². The minimum atomic E-state index is -1.32. The molecule has 1 saturated heterocycles. The molecule has 2 aromatic heterocycles. The number of pyridine rings is 2. The summed E-state index contributed by atoms with van der Waals surface area (Å²) >= 11 is 0. The van der Waals surface area contributed by atoms with Crippen molar-refractivity contribution in [1.29, 1.82) is 0 Å². The number of anilines is 1. The minimum Gasteiger partial charge on any atom is -0.477 e. The van der Waals surface area contributed by atoms with Gasteiger partial charge in [-0.05, 0) is 25.8 Å². The lowest BCUT2D eigenvalue weighted by Gasteiger charge is -2.20. The van der Waals surface area contributed by atoms with Crippen LogP contribution in [0.3, 0.4) is 0 Å². The summed E-state index contributed by atoms with van der Waals surface area (Å²) in [6.45, 7) is 2.66. The third-order valence-electron chi connectivity index (χ3n) is 5.54. The van der Waals surface area contributed by atoms with Gasteiger partial charge in [-0.1, -0.05) is 5.16 Å². The second kappa shape index (κ2) is 7.11. The minimum absolute atomic E-state index is 0.0264. The van der Waals surface area contributed by atoms with Crippen molar-refractivity contribution in [2.75, 3.05) is 31.6 Å². The number of fused-ring (bicyclic) bond motifs is 1. The molecule has 9 nitrogen and oxygen atoms in total. The average Bonchev–Trinajstić information content (AvgIpc) is 3.42. The van der Waals surface area contributed by atoms with Crippen LogP contribution in [0.1, 0.15) is 34.9 Å². The molecule has 1 atom stereocenters. The molecule has 1 saturated carbocycles. The van der Waals surface area contributed by atoms with Gasteiger partial charge in [0.2, 0.25) is 5.43 Å². The summed E-state index contributed by atoms with van der Waals surface area (Å²) in [5.74, 6) is -2.01. The summed E-state index contributed by atoms with van der Waals surface area (Å²) < 4.78 is 16.7. The number of carboxylic acids is 1. The second-order valence-corrected chi connectivity index (χ2v) is 7.44. The number of nitrogens with two attached hydrogens (primary N) is 1. The van der Waals surface area contributed by atoms with Gasteiger partial charge in [-0.3, -0.25) is 4.79 Å². The van der Waals surface area contributed by atoms with E-state index in [0.29, 0.717) is 36.7 Å². The van der Waals surface area contributed by atoms with Crippen molar-refractivity contribution in [3.8, 4) is 0 Å². The van der Waals surface area contributed by atoms with Crippen molar-refractivity contribution >= 4 is 28.5 Å². The number of rotatable bonds is 5. The molecule has 0 spiro atoms. The van der Waals surface area contributed by atoms with E-state index >= 15 is 0 Å². The number of carbonyl (C=O) groups is 1. The molecule has 2 aliphatic rings. The molecular formula is C19H22FN5O4. The predicted octanol–water partition coefficient (Wildman–Crippen LogP) is 1.27. The standard InChI is InChI=1S/C19H22FN5O4/c1-9-15(19(27)28)16(26)12-5-13(20)18(22-17(12)25(9)11-3-4-11)24-7-10(6-21)14(8-24)23-29-2/h5,10-11H,3-4,6-8,21H2,1-2H3,(H,27,28)/b23-14+. The number of aromatic nitrogens is 2. The Labute approximate surface area is 165 Å². The molecule has 2 fully saturated rings. The van der Waals surface area contributed by atoms with Gasteiger partial charge in [-0.2, -0.15) is 0 Å². The van der Waals surface area contributed by atoms with Crippen LogP contribution in [-0.2, 0) is 4.84 Å². The van der Waals surface area contributed by atoms with Crippen LogP contribution in [0.15, 0.2) is 16.0 Å². The van der Waals surface area contributed by atoms with Gasteiger partial charge in [0, 0.05) is 30.7 Å². The van der Waals surface area contributed by atoms with E-state index in [2.05, 4.69) is 10.1 Å². The Balaban J connectivity index is 1.91. The van der Waals surface area contributed by atoms with E-state index in [1.165, 1.54) is 7.11 Å². The van der Waals surface area contributed by atoms with Crippen molar-refractivity contribution < 1.29 is 19.1 Å². The summed E-state index contributed by atoms with van der Waals surface area (Å²) in [4.78, 5) is 35.4. The summed E-state index contributed by atoms with van der Waals surface area (Å²) in [6, 6.07) is 1.15. The number of nitrogens with zero attached hydrogens (tertiary/aromatic N) is 4. The van der Waals surface area contributed by atoms with Crippen LogP contribution in [0.4, 0.5) is 10.2 Å². The number of hydrogen-bond acceptors (Lipinski definition) is 7. The highest BCUT2D eigenvalue weighted by atomic mass is 19.1. The van der Waals surface area contributed by atoms with Crippen molar-refractivity contribution in [3.05, 3.63) is 33.4 Å². The SMILES string of the molecule is CO/N=C1\CN(c2nc3c(cc2F)c(=O)c(C(=O)O)c(C)n3C2CC2)CC1CN. The fraction of sp³-hybridized carbons (Fsp3) is 0.474. The molecular weight excluding hydrogens is 381 g/mol. The zero-order valence-corrected chi connectivity index (χ0v) is 16.2. The molecule has 0 radical (unpaired) electrons. The van der Waals surface area contributed by atoms with Crippen molar-refractivity contribution in [1.82, 2.24) is 9.55 Å². The maximum absolute atomic E-state index is 15.0. The van der Waals surface area contributed by atoms with E-state index in [4.69, 9.17) is 10.6 Å². The van der Waals surface area contributed by atoms with E-state index in [9.17, 15) is 19.1 Å². The number of oxime groups is 1. The lowest BCUT2D eigenvalue weighted by Crippen LogP contribution is -2.27. The highest BCUT2D eigenvalue weighted by molar-refractivity contribution is 5.95. The molecule has 3 N–H and O–H groups in total. The highest BCUT2D eigenvalue weighted by Crippen LogP contribution is 2.39. The molecule has 3 heterocycles. The Morgan fingerprint density at radius 2 is 2.21 bits per heavy atom. The first-order chi connectivity index (χ1) is 13.9. The zero-order valence-electron chi connectivity index (χ0n) is 16.2. The molecule has 0 bridgehead atoms. The fourth-order valence-electron chi connectivity index (χ4n) is 4.01. The third kappa shape index (κ3) is 3.13. The first-order valence-electron chi connectivity index (χ1n) is 9.40. The number of halogens is 1. The Hall–Kier alpha value is -3.01. The quantitative estimate of drug-likeness (QED) is 0.721. The van der Waals surface area contributed by atoms with E-state index in [0.717, 1.165) is 18.9 Å². The second-order valence-electron chi connectivity index (χ2n) is 7.44. The van der Waals surface area contributed by atoms with Crippen molar-refractivity contribution in [2.24, 2.45) is 16.8 Å². The first-order valence-corrected chi connectivity index (χ1v) is 9.40. The van der Waals surface area contributed by atoms with E-state index in [1.807, 2.05) is 0 Å². The third-order valence-corrected chi connectivity index (χ3v) is 5.54. The van der Waals surface area contributed by atoms with Gasteiger partial charge in [-0.15, -0.1) is 0 Å². The maximum Gasteiger partial charge on any atom is 0.341 e. The van der Waals surface area contributed by atoms with Crippen LogP contribution in [0.25, 0.3) is 11.0 Å². The molecule has 1 aliphatic heterocycles. The van der Waals surface area contributed by atoms with Crippen LogP contribution in [0.5, 0.6) is 0 Å². The molecule has 0 aromatic carbocycles. The molecule has 1 unspecified atom stereocenters. The summed E-state index contributed by atoms with van der Waals surface area (Å²) in [7, 11) is 1.44. The lowest BCUT2D eigenvalue weighted by atomic mass is 10.1. The fourth-order valence-corrected chi connectivity index (χ4v) is 4.01. The van der Waals surface area contributed by atoms with Crippen LogP contribution < -0.4 is 16.1 Å². The van der Waals surface area contributed by atoms with E-state index in [-0.39, 0.29) is 28.7 Å². The van der Waals surface area contributed by atoms with Crippen molar-refractivity contribution in [2.45, 2.75) is 25.8 Å².